The van der Waals surface area contributed by atoms with Gasteiger partial charge in [-0.25, -0.2) is 0 Å². The van der Waals surface area contributed by atoms with Gasteiger partial charge in [-0.2, -0.15) is 5.26 Å². The second kappa shape index (κ2) is 5.95. The SMILES string of the molecule is N#Cc1c(Cl)cccc1NC(=O)c1c[nH]c2ccccc2c1=O. The Kier molecular flexibility index (Phi) is 3.83. The molecule has 0 aliphatic heterocycles. The first-order chi connectivity index (χ1) is 11.1. The minimum atomic E-state index is -0.601. The molecule has 1 aromatic heterocycles. The lowest BCUT2D eigenvalue weighted by atomic mass is 10.1. The molecule has 3 rings (SSSR count). The fraction of sp³-hybridized carbons (Fsp3) is 0. The first-order valence-corrected chi connectivity index (χ1v) is 7.10. The van der Waals surface area contributed by atoms with Crippen LogP contribution in [0.4, 0.5) is 5.69 Å². The fourth-order valence-corrected chi connectivity index (χ4v) is 2.48. The van der Waals surface area contributed by atoms with E-state index in [-0.39, 0.29) is 27.3 Å². The minimum absolute atomic E-state index is 0.0347. The van der Waals surface area contributed by atoms with Crippen molar-refractivity contribution in [1.82, 2.24) is 4.98 Å². The highest BCUT2D eigenvalue weighted by molar-refractivity contribution is 6.32. The van der Waals surface area contributed by atoms with E-state index in [1.807, 2.05) is 6.07 Å². The lowest BCUT2D eigenvalue weighted by Crippen LogP contribution is -2.22. The summed E-state index contributed by atoms with van der Waals surface area (Å²) in [7, 11) is 0. The van der Waals surface area contributed by atoms with E-state index in [9.17, 15) is 9.59 Å². The largest absolute Gasteiger partial charge is 0.360 e. The topological polar surface area (TPSA) is 85.8 Å². The number of benzene rings is 2. The van der Waals surface area contributed by atoms with Crippen LogP contribution in [-0.4, -0.2) is 10.9 Å². The second-order valence-electron chi connectivity index (χ2n) is 4.81. The maximum absolute atomic E-state index is 12.4. The van der Waals surface area contributed by atoms with Gasteiger partial charge in [-0.1, -0.05) is 29.8 Å². The maximum atomic E-state index is 12.4. The predicted molar refractivity (Wildman–Crippen MR) is 88.7 cm³/mol. The summed E-state index contributed by atoms with van der Waals surface area (Å²) in [6.07, 6.45) is 1.36. The monoisotopic (exact) mass is 323 g/mol. The molecule has 5 nitrogen and oxygen atoms in total. The van der Waals surface area contributed by atoms with Crippen LogP contribution in [0, 0.1) is 11.3 Å². The summed E-state index contributed by atoms with van der Waals surface area (Å²) < 4.78 is 0. The number of anilines is 1. The summed E-state index contributed by atoms with van der Waals surface area (Å²) in [5.74, 6) is -0.601. The lowest BCUT2D eigenvalue weighted by Gasteiger charge is -2.08. The third-order valence-corrected chi connectivity index (χ3v) is 3.72. The standard InChI is InChI=1S/C17H10ClN3O2/c18-13-5-3-7-15(11(13)8-19)21-17(23)12-9-20-14-6-2-1-4-10(14)16(12)22/h1-7,9H,(H,20,22)(H,21,23). The Balaban J connectivity index is 2.03. The number of carbonyl (C=O) groups is 1. The van der Waals surface area contributed by atoms with E-state index >= 15 is 0 Å². The van der Waals surface area contributed by atoms with Crippen molar-refractivity contribution in [3.8, 4) is 6.07 Å². The van der Waals surface area contributed by atoms with E-state index in [1.165, 1.54) is 6.20 Å². The quantitative estimate of drug-likeness (QED) is 0.758. The number of carbonyl (C=O) groups excluding carboxylic acids is 1. The normalized spacial score (nSPS) is 10.3. The van der Waals surface area contributed by atoms with E-state index in [4.69, 9.17) is 16.9 Å². The summed E-state index contributed by atoms with van der Waals surface area (Å²) in [6, 6.07) is 13.6. The van der Waals surface area contributed by atoms with Crippen molar-refractivity contribution in [1.29, 1.82) is 5.26 Å². The van der Waals surface area contributed by atoms with Crippen LogP contribution in [0.25, 0.3) is 10.9 Å². The van der Waals surface area contributed by atoms with Gasteiger partial charge in [0.05, 0.1) is 16.3 Å². The fourth-order valence-electron chi connectivity index (χ4n) is 2.27. The van der Waals surface area contributed by atoms with Gasteiger partial charge in [-0.3, -0.25) is 9.59 Å². The number of amides is 1. The third-order valence-electron chi connectivity index (χ3n) is 3.41. The molecule has 0 atom stereocenters. The van der Waals surface area contributed by atoms with Crippen LogP contribution in [0.5, 0.6) is 0 Å². The van der Waals surface area contributed by atoms with Crippen molar-refractivity contribution in [2.45, 2.75) is 0 Å². The van der Waals surface area contributed by atoms with Crippen LogP contribution in [0.2, 0.25) is 5.02 Å². The van der Waals surface area contributed by atoms with Crippen molar-refractivity contribution in [2.75, 3.05) is 5.32 Å². The van der Waals surface area contributed by atoms with Crippen LogP contribution in [0.15, 0.2) is 53.5 Å². The molecule has 1 heterocycles. The zero-order valence-corrected chi connectivity index (χ0v) is 12.5. The minimum Gasteiger partial charge on any atom is -0.360 e. The Morgan fingerprint density at radius 2 is 1.96 bits per heavy atom. The van der Waals surface area contributed by atoms with Gasteiger partial charge in [0.25, 0.3) is 5.91 Å². The first kappa shape index (κ1) is 14.8. The van der Waals surface area contributed by atoms with E-state index < -0.39 is 5.91 Å². The molecule has 0 spiro atoms. The molecule has 0 aliphatic carbocycles. The number of H-pyrrole nitrogens is 1. The zero-order valence-electron chi connectivity index (χ0n) is 11.8. The Morgan fingerprint density at radius 3 is 2.74 bits per heavy atom. The van der Waals surface area contributed by atoms with Crippen molar-refractivity contribution in [3.05, 3.63) is 75.0 Å². The summed E-state index contributed by atoms with van der Waals surface area (Å²) >= 11 is 5.93. The van der Waals surface area contributed by atoms with Crippen LogP contribution < -0.4 is 10.7 Å². The number of halogens is 1. The molecule has 0 saturated carbocycles. The second-order valence-corrected chi connectivity index (χ2v) is 5.21. The molecule has 0 unspecified atom stereocenters. The Hall–Kier alpha value is -3.10. The van der Waals surface area contributed by atoms with E-state index in [0.717, 1.165) is 0 Å². The van der Waals surface area contributed by atoms with Gasteiger partial charge in [0.15, 0.2) is 0 Å². The molecule has 0 fully saturated rings. The number of rotatable bonds is 2. The molecular formula is C17H10ClN3O2. The lowest BCUT2D eigenvalue weighted by molar-refractivity contribution is 0.102. The van der Waals surface area contributed by atoms with Gasteiger partial charge in [-0.15, -0.1) is 0 Å². The maximum Gasteiger partial charge on any atom is 0.261 e. The molecule has 2 aromatic carbocycles. The number of hydrogen-bond donors (Lipinski definition) is 2. The highest BCUT2D eigenvalue weighted by Gasteiger charge is 2.15. The van der Waals surface area contributed by atoms with Gasteiger partial charge >= 0.3 is 0 Å². The summed E-state index contributed by atoms with van der Waals surface area (Å²) in [4.78, 5) is 27.7. The number of nitrogens with zero attached hydrogens (tertiary/aromatic N) is 1. The summed E-state index contributed by atoms with van der Waals surface area (Å²) in [5, 5.41) is 12.3. The Labute approximate surface area is 136 Å². The van der Waals surface area contributed by atoms with Gasteiger partial charge < -0.3 is 10.3 Å². The molecule has 1 amide bonds. The van der Waals surface area contributed by atoms with E-state index in [1.54, 1.807) is 42.5 Å². The van der Waals surface area contributed by atoms with Crippen molar-refractivity contribution >= 4 is 34.1 Å². The van der Waals surface area contributed by atoms with Crippen molar-refractivity contribution < 1.29 is 4.79 Å². The van der Waals surface area contributed by atoms with Crippen LogP contribution in [0.1, 0.15) is 15.9 Å². The van der Waals surface area contributed by atoms with Gasteiger partial charge in [0, 0.05) is 17.1 Å². The molecule has 6 heteroatoms. The van der Waals surface area contributed by atoms with Gasteiger partial charge in [0.2, 0.25) is 5.43 Å². The number of pyridine rings is 1. The molecule has 0 aliphatic rings. The average molecular weight is 324 g/mol. The number of aromatic amines is 1. The van der Waals surface area contributed by atoms with Crippen LogP contribution in [0.3, 0.4) is 0 Å². The van der Waals surface area contributed by atoms with Crippen LogP contribution in [-0.2, 0) is 0 Å². The molecule has 23 heavy (non-hydrogen) atoms. The summed E-state index contributed by atoms with van der Waals surface area (Å²) in [6.45, 7) is 0. The van der Waals surface area contributed by atoms with Crippen LogP contribution >= 0.6 is 11.6 Å². The predicted octanol–water partition coefficient (Wildman–Crippen LogP) is 3.31. The zero-order chi connectivity index (χ0) is 16.4. The number of aromatic nitrogens is 1. The van der Waals surface area contributed by atoms with Crippen molar-refractivity contribution in [2.24, 2.45) is 0 Å². The smallest absolute Gasteiger partial charge is 0.261 e. The first-order valence-electron chi connectivity index (χ1n) is 6.72. The van der Waals surface area contributed by atoms with E-state index in [2.05, 4.69) is 10.3 Å². The number of nitrogens with one attached hydrogen (secondary N) is 2. The highest BCUT2D eigenvalue weighted by atomic mass is 35.5. The van der Waals surface area contributed by atoms with Gasteiger partial charge in [0.1, 0.15) is 11.6 Å². The molecule has 0 bridgehead atoms. The Morgan fingerprint density at radius 1 is 1.17 bits per heavy atom. The molecule has 112 valence electrons. The van der Waals surface area contributed by atoms with Gasteiger partial charge in [-0.05, 0) is 24.3 Å². The third kappa shape index (κ3) is 2.68. The number of para-hydroxylation sites is 1. The molecule has 0 radical (unpaired) electrons. The average Bonchev–Trinajstić information content (AvgIpc) is 2.55. The highest BCUT2D eigenvalue weighted by Crippen LogP contribution is 2.23. The van der Waals surface area contributed by atoms with E-state index in [0.29, 0.717) is 10.9 Å². The summed E-state index contributed by atoms with van der Waals surface area (Å²) in [5.41, 5.74) is 0.650. The molecule has 3 aromatic rings. The number of fused-ring (bicyclic) bond motifs is 1. The molecule has 2 N–H and O–H groups in total. The number of nitriles is 1. The molecular weight excluding hydrogens is 314 g/mol. The van der Waals surface area contributed by atoms with Crippen molar-refractivity contribution in [3.63, 3.8) is 0 Å². The Bertz CT molecular complexity index is 1020. The molecule has 0 saturated heterocycles. The number of hydrogen-bond acceptors (Lipinski definition) is 3.